The highest BCUT2D eigenvalue weighted by Crippen LogP contribution is 2.31. The summed E-state index contributed by atoms with van der Waals surface area (Å²) in [6.45, 7) is 1.83. The van der Waals surface area contributed by atoms with E-state index in [9.17, 15) is 14.0 Å². The lowest BCUT2D eigenvalue weighted by Crippen LogP contribution is -2.20. The minimum atomic E-state index is -0.349. The van der Waals surface area contributed by atoms with Gasteiger partial charge >= 0.3 is 0 Å². The molecule has 1 aliphatic heterocycles. The predicted octanol–water partition coefficient (Wildman–Crippen LogP) is 5.81. The summed E-state index contributed by atoms with van der Waals surface area (Å²) in [5.74, 6) is -0.384. The predicted molar refractivity (Wildman–Crippen MR) is 137 cm³/mol. The molecule has 3 aromatic carbocycles. The third-order valence-corrected chi connectivity index (χ3v) is 6.19. The Balaban J connectivity index is 1.37. The second-order valence-corrected chi connectivity index (χ2v) is 9.24. The van der Waals surface area contributed by atoms with Gasteiger partial charge in [-0.1, -0.05) is 23.8 Å². The second kappa shape index (κ2) is 10.7. The number of halogens is 2. The van der Waals surface area contributed by atoms with Crippen molar-refractivity contribution in [1.29, 1.82) is 0 Å². The zero-order valence-electron chi connectivity index (χ0n) is 18.0. The van der Waals surface area contributed by atoms with Crippen LogP contribution in [0.2, 0.25) is 0 Å². The molecule has 0 aliphatic carbocycles. The topological polar surface area (TPSA) is 79.8 Å². The van der Waals surface area contributed by atoms with Crippen LogP contribution in [0, 0.1) is 12.7 Å². The highest BCUT2D eigenvalue weighted by Gasteiger charge is 2.24. The number of carbonyl (C=O) groups excluding carboxylic acids is 2. The number of anilines is 1. The van der Waals surface area contributed by atoms with Gasteiger partial charge in [0.05, 0.1) is 15.1 Å². The van der Waals surface area contributed by atoms with Crippen molar-refractivity contribution in [2.75, 3.05) is 11.9 Å². The van der Waals surface area contributed by atoms with Gasteiger partial charge in [-0.15, -0.1) is 0 Å². The highest BCUT2D eigenvalue weighted by molar-refractivity contribution is 9.10. The van der Waals surface area contributed by atoms with Crippen molar-refractivity contribution in [3.05, 3.63) is 93.1 Å². The van der Waals surface area contributed by atoms with E-state index >= 15 is 0 Å². The van der Waals surface area contributed by atoms with Crippen molar-refractivity contribution < 1.29 is 18.7 Å². The number of aryl methyl sites for hydroxylation is 1. The van der Waals surface area contributed by atoms with Crippen LogP contribution >= 0.6 is 27.7 Å². The van der Waals surface area contributed by atoms with Gasteiger partial charge in [0.2, 0.25) is 0 Å². The van der Waals surface area contributed by atoms with E-state index in [1.807, 2.05) is 31.2 Å². The maximum Gasteiger partial charge on any atom is 0.264 e. The number of aliphatic imine (C=N–C) groups is 1. The van der Waals surface area contributed by atoms with Crippen molar-refractivity contribution in [2.45, 2.75) is 6.92 Å². The van der Waals surface area contributed by atoms with Crippen LogP contribution in [0.5, 0.6) is 5.75 Å². The van der Waals surface area contributed by atoms with E-state index in [4.69, 9.17) is 4.74 Å². The smallest absolute Gasteiger partial charge is 0.264 e. The first-order valence-electron chi connectivity index (χ1n) is 10.2. The fourth-order valence-corrected chi connectivity index (χ4v) is 4.32. The molecule has 1 saturated heterocycles. The summed E-state index contributed by atoms with van der Waals surface area (Å²) < 4.78 is 19.3. The first kappa shape index (κ1) is 23.7. The summed E-state index contributed by atoms with van der Waals surface area (Å²) >= 11 is 4.65. The maximum absolute atomic E-state index is 13.1. The molecule has 0 atom stereocenters. The largest absolute Gasteiger partial charge is 0.483 e. The zero-order chi connectivity index (χ0) is 24.1. The molecule has 0 aromatic heterocycles. The Morgan fingerprint density at radius 1 is 1.15 bits per heavy atom. The Kier molecular flexibility index (Phi) is 7.44. The molecule has 6 nitrogen and oxygen atoms in total. The molecule has 1 fully saturated rings. The average molecular weight is 540 g/mol. The van der Waals surface area contributed by atoms with E-state index in [0.29, 0.717) is 31.7 Å². The normalized spacial score (nSPS) is 15.4. The van der Waals surface area contributed by atoms with E-state index in [0.717, 1.165) is 11.1 Å². The molecular formula is C25H19BrFN3O3S. The molecule has 0 radical (unpaired) electrons. The highest BCUT2D eigenvalue weighted by atomic mass is 79.9. The molecule has 172 valence electrons. The van der Waals surface area contributed by atoms with Crippen LogP contribution in [0.3, 0.4) is 0 Å². The van der Waals surface area contributed by atoms with Crippen molar-refractivity contribution in [2.24, 2.45) is 4.99 Å². The molecule has 1 aliphatic rings. The first-order chi connectivity index (χ1) is 16.4. The van der Waals surface area contributed by atoms with Crippen LogP contribution in [-0.2, 0) is 9.59 Å². The molecule has 0 saturated carbocycles. The van der Waals surface area contributed by atoms with Crippen molar-refractivity contribution >= 4 is 62.1 Å². The molecular weight excluding hydrogens is 521 g/mol. The summed E-state index contributed by atoms with van der Waals surface area (Å²) in [4.78, 5) is 29.3. The maximum atomic E-state index is 13.1. The molecule has 2 amide bonds. The van der Waals surface area contributed by atoms with Crippen LogP contribution in [0.25, 0.3) is 6.08 Å². The quantitative estimate of drug-likeness (QED) is 0.387. The van der Waals surface area contributed by atoms with Gasteiger partial charge in [-0.2, -0.15) is 0 Å². The number of hydrogen-bond donors (Lipinski definition) is 2. The summed E-state index contributed by atoms with van der Waals surface area (Å²) in [5.41, 5.74) is 3.12. The lowest BCUT2D eigenvalue weighted by atomic mass is 10.2. The fourth-order valence-electron chi connectivity index (χ4n) is 2.97. The van der Waals surface area contributed by atoms with Crippen LogP contribution in [0.15, 0.2) is 81.1 Å². The Bertz CT molecular complexity index is 1290. The van der Waals surface area contributed by atoms with Crippen molar-refractivity contribution in [3.8, 4) is 5.75 Å². The lowest BCUT2D eigenvalue weighted by molar-refractivity contribution is -0.118. The van der Waals surface area contributed by atoms with Gasteiger partial charge in [0.1, 0.15) is 11.6 Å². The Morgan fingerprint density at radius 2 is 1.88 bits per heavy atom. The van der Waals surface area contributed by atoms with Crippen LogP contribution in [0.1, 0.15) is 11.1 Å². The Labute approximate surface area is 208 Å². The van der Waals surface area contributed by atoms with E-state index in [2.05, 4.69) is 31.6 Å². The van der Waals surface area contributed by atoms with Gasteiger partial charge in [-0.05, 0) is 94.8 Å². The van der Waals surface area contributed by atoms with Gasteiger partial charge < -0.3 is 15.4 Å². The summed E-state index contributed by atoms with van der Waals surface area (Å²) in [6.07, 6.45) is 1.73. The number of nitrogens with one attached hydrogen (secondary N) is 2. The number of nitrogens with zero attached hydrogens (tertiary/aromatic N) is 1. The number of amidine groups is 1. The van der Waals surface area contributed by atoms with E-state index in [1.54, 1.807) is 24.3 Å². The zero-order valence-corrected chi connectivity index (χ0v) is 20.4. The number of amides is 2. The number of thioether (sulfide) groups is 1. The number of rotatable bonds is 6. The monoisotopic (exact) mass is 539 g/mol. The first-order valence-corrected chi connectivity index (χ1v) is 11.8. The van der Waals surface area contributed by atoms with Gasteiger partial charge in [0.15, 0.2) is 11.8 Å². The average Bonchev–Trinajstić information content (AvgIpc) is 3.14. The van der Waals surface area contributed by atoms with Crippen LogP contribution in [0.4, 0.5) is 15.8 Å². The van der Waals surface area contributed by atoms with Gasteiger partial charge in [-0.3, -0.25) is 9.59 Å². The van der Waals surface area contributed by atoms with Crippen molar-refractivity contribution in [1.82, 2.24) is 5.32 Å². The summed E-state index contributed by atoms with van der Waals surface area (Å²) in [7, 11) is 0. The van der Waals surface area contributed by atoms with Crippen LogP contribution in [-0.4, -0.2) is 23.6 Å². The molecule has 0 bridgehead atoms. The molecule has 4 rings (SSSR count). The van der Waals surface area contributed by atoms with Gasteiger partial charge in [0, 0.05) is 5.69 Å². The lowest BCUT2D eigenvalue weighted by Gasteiger charge is -2.10. The number of benzene rings is 3. The van der Waals surface area contributed by atoms with Gasteiger partial charge in [-0.25, -0.2) is 9.38 Å². The van der Waals surface area contributed by atoms with Crippen LogP contribution < -0.4 is 15.4 Å². The molecule has 9 heteroatoms. The molecule has 0 spiro atoms. The van der Waals surface area contributed by atoms with Gasteiger partial charge in [0.25, 0.3) is 11.8 Å². The minimum Gasteiger partial charge on any atom is -0.483 e. The number of hydrogen-bond acceptors (Lipinski definition) is 5. The third-order valence-electron chi connectivity index (χ3n) is 4.66. The SMILES string of the molecule is Cc1ccc(NC(=O)COc2ccc(/C=C3/SC(=Nc4ccc(F)cc4)NC3=O)cc2Br)cc1. The molecule has 0 unspecified atom stereocenters. The molecule has 34 heavy (non-hydrogen) atoms. The minimum absolute atomic E-state index is 0.144. The number of carbonyl (C=O) groups is 2. The Morgan fingerprint density at radius 3 is 2.59 bits per heavy atom. The standard InChI is InChI=1S/C25H19BrFN3O3S/c1-15-2-7-18(8-3-15)28-23(31)14-33-21-11-4-16(12-20(21)26)13-22-24(32)30-25(34-22)29-19-9-5-17(27)6-10-19/h2-13H,14H2,1H3,(H,28,31)(H,29,30,32)/b22-13+. The van der Waals surface area contributed by atoms with E-state index in [1.165, 1.54) is 36.0 Å². The molecule has 3 aromatic rings. The summed E-state index contributed by atoms with van der Waals surface area (Å²) in [6, 6.07) is 18.5. The van der Waals surface area contributed by atoms with E-state index < -0.39 is 0 Å². The van der Waals surface area contributed by atoms with Crippen molar-refractivity contribution in [3.63, 3.8) is 0 Å². The Hall–Kier alpha value is -3.43. The molecule has 1 heterocycles. The third kappa shape index (κ3) is 6.33. The summed E-state index contributed by atoms with van der Waals surface area (Å²) in [5, 5.41) is 5.90. The number of ether oxygens (including phenoxy) is 1. The molecule has 2 N–H and O–H groups in total. The van der Waals surface area contributed by atoms with E-state index in [-0.39, 0.29) is 24.2 Å². The second-order valence-electron chi connectivity index (χ2n) is 7.35. The fraction of sp³-hybridized carbons (Fsp3) is 0.0800.